The van der Waals surface area contributed by atoms with Crippen LogP contribution in [-0.4, -0.2) is 5.97 Å². The zero-order valence-corrected chi connectivity index (χ0v) is 14.7. The molecule has 0 heterocycles. The summed E-state index contributed by atoms with van der Waals surface area (Å²) in [6.45, 7) is 0. The first-order valence-corrected chi connectivity index (χ1v) is 8.83. The Morgan fingerprint density at radius 1 is 0.704 bits per heavy atom. The standard InChI is InChI=1S/C25H18O2/c26-25(18-17-21-13-8-12-19-11-4-5-14-22(19)21)27-24-16-7-6-15-23(24)20-9-2-1-3-10-20/h1-18H/b18-17+. The molecule has 0 unspecified atom stereocenters. The topological polar surface area (TPSA) is 26.3 Å². The molecule has 0 fully saturated rings. The third-order valence-corrected chi connectivity index (χ3v) is 4.40. The highest BCUT2D eigenvalue weighted by molar-refractivity contribution is 5.95. The molecule has 4 aromatic rings. The van der Waals surface area contributed by atoms with Crippen molar-refractivity contribution in [3.05, 3.63) is 109 Å². The fourth-order valence-corrected chi connectivity index (χ4v) is 3.11. The van der Waals surface area contributed by atoms with Crippen molar-refractivity contribution in [2.24, 2.45) is 0 Å². The Bertz CT molecular complexity index is 1110. The van der Waals surface area contributed by atoms with E-state index in [1.807, 2.05) is 84.9 Å². The maximum absolute atomic E-state index is 12.4. The van der Waals surface area contributed by atoms with Crippen LogP contribution in [0.5, 0.6) is 5.75 Å². The molecule has 0 amide bonds. The van der Waals surface area contributed by atoms with Gasteiger partial charge in [0.05, 0.1) is 0 Å². The average Bonchev–Trinajstić information content (AvgIpc) is 2.73. The second kappa shape index (κ2) is 7.71. The average molecular weight is 350 g/mol. The first-order chi connectivity index (χ1) is 13.3. The second-order valence-electron chi connectivity index (χ2n) is 6.18. The fourth-order valence-electron chi connectivity index (χ4n) is 3.11. The van der Waals surface area contributed by atoms with Gasteiger partial charge >= 0.3 is 5.97 Å². The van der Waals surface area contributed by atoms with Crippen LogP contribution in [0.25, 0.3) is 28.0 Å². The number of hydrogen-bond donors (Lipinski definition) is 0. The lowest BCUT2D eigenvalue weighted by molar-refractivity contribution is -0.128. The lowest BCUT2D eigenvalue weighted by atomic mass is 10.0. The van der Waals surface area contributed by atoms with Crippen molar-refractivity contribution in [2.75, 3.05) is 0 Å². The molecule has 0 aromatic heterocycles. The molecule has 0 bridgehead atoms. The van der Waals surface area contributed by atoms with E-state index >= 15 is 0 Å². The minimum absolute atomic E-state index is 0.397. The van der Waals surface area contributed by atoms with E-state index in [9.17, 15) is 4.79 Å². The first-order valence-electron chi connectivity index (χ1n) is 8.83. The Morgan fingerprint density at radius 3 is 2.30 bits per heavy atom. The number of ether oxygens (including phenoxy) is 1. The minimum Gasteiger partial charge on any atom is -0.423 e. The number of hydrogen-bond acceptors (Lipinski definition) is 2. The maximum atomic E-state index is 12.4. The largest absolute Gasteiger partial charge is 0.423 e. The zero-order valence-electron chi connectivity index (χ0n) is 14.7. The van der Waals surface area contributed by atoms with E-state index < -0.39 is 5.97 Å². The molecule has 0 aliphatic carbocycles. The SMILES string of the molecule is O=C(/C=C/c1cccc2ccccc12)Oc1ccccc1-c1ccccc1. The number of carbonyl (C=O) groups is 1. The summed E-state index contributed by atoms with van der Waals surface area (Å²) in [4.78, 5) is 12.4. The highest BCUT2D eigenvalue weighted by atomic mass is 16.5. The van der Waals surface area contributed by atoms with Crippen molar-refractivity contribution in [2.45, 2.75) is 0 Å². The van der Waals surface area contributed by atoms with Crippen LogP contribution in [0, 0.1) is 0 Å². The fraction of sp³-hybridized carbons (Fsp3) is 0. The van der Waals surface area contributed by atoms with E-state index in [-0.39, 0.29) is 0 Å². The van der Waals surface area contributed by atoms with Gasteiger partial charge in [-0.15, -0.1) is 0 Å². The van der Waals surface area contributed by atoms with Crippen LogP contribution in [-0.2, 0) is 4.79 Å². The van der Waals surface area contributed by atoms with E-state index in [1.54, 1.807) is 6.08 Å². The van der Waals surface area contributed by atoms with Crippen molar-refractivity contribution >= 4 is 22.8 Å². The molecule has 4 aromatic carbocycles. The van der Waals surface area contributed by atoms with E-state index in [2.05, 4.69) is 12.1 Å². The Kier molecular flexibility index (Phi) is 4.80. The lowest BCUT2D eigenvalue weighted by Crippen LogP contribution is -2.04. The first kappa shape index (κ1) is 16.8. The van der Waals surface area contributed by atoms with Crippen LogP contribution in [0.3, 0.4) is 0 Å². The van der Waals surface area contributed by atoms with Gasteiger partial charge in [0.2, 0.25) is 0 Å². The van der Waals surface area contributed by atoms with Crippen LogP contribution >= 0.6 is 0 Å². The van der Waals surface area contributed by atoms with Gasteiger partial charge in [0.15, 0.2) is 0 Å². The normalized spacial score (nSPS) is 11.0. The predicted octanol–water partition coefficient (Wildman–Crippen LogP) is 6.13. The van der Waals surface area contributed by atoms with Crippen molar-refractivity contribution in [1.82, 2.24) is 0 Å². The molecule has 0 spiro atoms. The molecule has 2 nitrogen and oxygen atoms in total. The summed E-state index contributed by atoms with van der Waals surface area (Å²) in [6.07, 6.45) is 3.28. The summed E-state index contributed by atoms with van der Waals surface area (Å²) in [6, 6.07) is 31.6. The number of benzene rings is 4. The van der Waals surface area contributed by atoms with Crippen LogP contribution < -0.4 is 4.74 Å². The van der Waals surface area contributed by atoms with Gasteiger partial charge in [0.1, 0.15) is 5.75 Å². The Balaban J connectivity index is 1.58. The van der Waals surface area contributed by atoms with Gasteiger partial charge in [0, 0.05) is 11.6 Å². The lowest BCUT2D eigenvalue weighted by Gasteiger charge is -2.09. The number of para-hydroxylation sites is 1. The summed E-state index contributed by atoms with van der Waals surface area (Å²) >= 11 is 0. The smallest absolute Gasteiger partial charge is 0.336 e. The summed E-state index contributed by atoms with van der Waals surface area (Å²) in [5.74, 6) is 0.155. The number of carbonyl (C=O) groups excluding carboxylic acids is 1. The monoisotopic (exact) mass is 350 g/mol. The van der Waals surface area contributed by atoms with Crippen LogP contribution in [0.2, 0.25) is 0 Å². The molecule has 27 heavy (non-hydrogen) atoms. The Morgan fingerprint density at radius 2 is 1.41 bits per heavy atom. The molecule has 0 N–H and O–H groups in total. The third kappa shape index (κ3) is 3.80. The van der Waals surface area contributed by atoms with E-state index in [0.29, 0.717) is 5.75 Å². The van der Waals surface area contributed by atoms with Gasteiger partial charge in [0.25, 0.3) is 0 Å². The van der Waals surface area contributed by atoms with E-state index in [1.165, 1.54) is 6.08 Å². The maximum Gasteiger partial charge on any atom is 0.336 e. The molecule has 0 saturated carbocycles. The molecule has 0 aliphatic heterocycles. The van der Waals surface area contributed by atoms with Gasteiger partial charge in [-0.1, -0.05) is 91.0 Å². The summed E-state index contributed by atoms with van der Waals surface area (Å²) < 4.78 is 5.61. The highest BCUT2D eigenvalue weighted by Crippen LogP contribution is 2.29. The Hall–Kier alpha value is -3.65. The van der Waals surface area contributed by atoms with Gasteiger partial charge in [-0.05, 0) is 34.0 Å². The van der Waals surface area contributed by atoms with E-state index in [0.717, 1.165) is 27.5 Å². The molecule has 2 heteroatoms. The molecule has 0 aliphatic rings. The molecule has 4 rings (SSSR count). The quantitative estimate of drug-likeness (QED) is 0.251. The van der Waals surface area contributed by atoms with E-state index in [4.69, 9.17) is 4.74 Å². The van der Waals surface area contributed by atoms with Crippen LogP contribution in [0.4, 0.5) is 0 Å². The van der Waals surface area contributed by atoms with Crippen LogP contribution in [0.1, 0.15) is 5.56 Å². The predicted molar refractivity (Wildman–Crippen MR) is 110 cm³/mol. The van der Waals surface area contributed by atoms with Crippen molar-refractivity contribution in [3.8, 4) is 16.9 Å². The minimum atomic E-state index is -0.397. The molecular formula is C25H18O2. The molecule has 0 atom stereocenters. The summed E-state index contributed by atoms with van der Waals surface area (Å²) in [5.41, 5.74) is 2.89. The van der Waals surface area contributed by atoms with Crippen LogP contribution in [0.15, 0.2) is 103 Å². The molecule has 0 saturated heterocycles. The second-order valence-corrected chi connectivity index (χ2v) is 6.18. The number of fused-ring (bicyclic) bond motifs is 1. The number of rotatable bonds is 4. The van der Waals surface area contributed by atoms with Crippen molar-refractivity contribution < 1.29 is 9.53 Å². The molecule has 130 valence electrons. The Labute approximate surface area is 158 Å². The van der Waals surface area contributed by atoms with Gasteiger partial charge in [-0.2, -0.15) is 0 Å². The zero-order chi connectivity index (χ0) is 18.5. The third-order valence-electron chi connectivity index (χ3n) is 4.40. The summed E-state index contributed by atoms with van der Waals surface area (Å²) in [5, 5.41) is 2.25. The van der Waals surface area contributed by atoms with Crippen molar-refractivity contribution in [3.63, 3.8) is 0 Å². The summed E-state index contributed by atoms with van der Waals surface area (Å²) in [7, 11) is 0. The molecular weight excluding hydrogens is 332 g/mol. The van der Waals surface area contributed by atoms with Gasteiger partial charge in [-0.3, -0.25) is 0 Å². The number of esters is 1. The molecule has 0 radical (unpaired) electrons. The highest BCUT2D eigenvalue weighted by Gasteiger charge is 2.08. The van der Waals surface area contributed by atoms with Crippen molar-refractivity contribution in [1.29, 1.82) is 0 Å². The van der Waals surface area contributed by atoms with Gasteiger partial charge < -0.3 is 4.74 Å². The van der Waals surface area contributed by atoms with Gasteiger partial charge in [-0.25, -0.2) is 4.79 Å².